The van der Waals surface area contributed by atoms with Gasteiger partial charge in [-0.2, -0.15) is 4.31 Å². The number of aryl methyl sites for hydroxylation is 1. The van der Waals surface area contributed by atoms with E-state index in [-0.39, 0.29) is 16.7 Å². The van der Waals surface area contributed by atoms with Gasteiger partial charge in [0.15, 0.2) is 0 Å². The molecule has 0 bridgehead atoms. The highest BCUT2D eigenvalue weighted by Gasteiger charge is 2.45. The Kier molecular flexibility index (Phi) is 7.30. The number of piperidine rings is 1. The number of ether oxygens (including phenoxy) is 1. The molecule has 1 saturated heterocycles. The van der Waals surface area contributed by atoms with Gasteiger partial charge in [-0.1, -0.05) is 48.0 Å². The molecule has 6 nitrogen and oxygen atoms in total. The van der Waals surface area contributed by atoms with E-state index in [4.69, 9.17) is 4.74 Å². The van der Waals surface area contributed by atoms with Crippen LogP contribution in [0, 0.1) is 12.8 Å². The predicted molar refractivity (Wildman–Crippen MR) is 133 cm³/mol. The summed E-state index contributed by atoms with van der Waals surface area (Å²) in [4.78, 5) is 13.4. The van der Waals surface area contributed by atoms with Crippen LogP contribution >= 0.6 is 11.8 Å². The van der Waals surface area contributed by atoms with Crippen LogP contribution in [0.5, 0.6) is 5.75 Å². The minimum absolute atomic E-state index is 0.0983. The summed E-state index contributed by atoms with van der Waals surface area (Å²) in [6.07, 6.45) is 0.378. The van der Waals surface area contributed by atoms with Gasteiger partial charge in [-0.25, -0.2) is 8.42 Å². The molecule has 0 radical (unpaired) electrons. The van der Waals surface area contributed by atoms with E-state index >= 15 is 0 Å². The highest BCUT2D eigenvalue weighted by molar-refractivity contribution is 8.00. The number of carboxylic acids is 1. The van der Waals surface area contributed by atoms with Crippen LogP contribution in [0.3, 0.4) is 0 Å². The zero-order chi connectivity index (χ0) is 24.3. The third-order valence-electron chi connectivity index (χ3n) is 6.10. The number of rotatable bonds is 7. The second-order valence-electron chi connectivity index (χ2n) is 8.33. The molecule has 1 heterocycles. The largest absolute Gasteiger partial charge is 0.497 e. The van der Waals surface area contributed by atoms with E-state index in [1.807, 2.05) is 61.5 Å². The summed E-state index contributed by atoms with van der Waals surface area (Å²) in [6.45, 7) is 1.80. The quantitative estimate of drug-likeness (QED) is 0.495. The lowest BCUT2D eigenvalue weighted by molar-refractivity contribution is -0.143. The molecule has 0 aromatic heterocycles. The molecule has 3 atom stereocenters. The van der Waals surface area contributed by atoms with E-state index in [1.165, 1.54) is 16.1 Å². The van der Waals surface area contributed by atoms with Gasteiger partial charge in [-0.15, -0.1) is 11.8 Å². The lowest BCUT2D eigenvalue weighted by Crippen LogP contribution is -2.49. The van der Waals surface area contributed by atoms with Gasteiger partial charge in [0.05, 0.1) is 24.0 Å². The van der Waals surface area contributed by atoms with Crippen molar-refractivity contribution >= 4 is 27.8 Å². The first kappa shape index (κ1) is 24.3. The van der Waals surface area contributed by atoms with Crippen molar-refractivity contribution in [3.8, 4) is 5.75 Å². The maximum atomic E-state index is 13.7. The van der Waals surface area contributed by atoms with Crippen LogP contribution in [0.2, 0.25) is 0 Å². The van der Waals surface area contributed by atoms with E-state index < -0.39 is 28.0 Å². The summed E-state index contributed by atoms with van der Waals surface area (Å²) in [6, 6.07) is 23.1. The molecule has 3 aromatic carbocycles. The van der Waals surface area contributed by atoms with Crippen molar-refractivity contribution < 1.29 is 23.1 Å². The number of carboxylic acid groups (broad SMARTS) is 1. The Labute approximate surface area is 204 Å². The molecule has 0 unspecified atom stereocenters. The van der Waals surface area contributed by atoms with Crippen LogP contribution in [-0.2, 0) is 14.8 Å². The zero-order valence-corrected chi connectivity index (χ0v) is 20.6. The van der Waals surface area contributed by atoms with E-state index in [1.54, 1.807) is 31.4 Å². The third kappa shape index (κ3) is 5.14. The van der Waals surface area contributed by atoms with Crippen LogP contribution in [0.1, 0.15) is 23.6 Å². The summed E-state index contributed by atoms with van der Waals surface area (Å²) in [5.74, 6) is -1.13. The van der Waals surface area contributed by atoms with Crippen LogP contribution in [0.4, 0.5) is 0 Å². The number of hydrogen-bond acceptors (Lipinski definition) is 5. The van der Waals surface area contributed by atoms with Crippen molar-refractivity contribution in [1.29, 1.82) is 0 Å². The van der Waals surface area contributed by atoms with Gasteiger partial charge in [0, 0.05) is 16.7 Å². The summed E-state index contributed by atoms with van der Waals surface area (Å²) in [5.41, 5.74) is 1.80. The first-order valence-corrected chi connectivity index (χ1v) is 13.3. The fraction of sp³-hybridized carbons (Fsp3) is 0.269. The fourth-order valence-corrected chi connectivity index (χ4v) is 7.16. The summed E-state index contributed by atoms with van der Waals surface area (Å²) >= 11 is 1.47. The number of aliphatic carboxylic acids is 1. The first-order valence-electron chi connectivity index (χ1n) is 11.0. The zero-order valence-electron chi connectivity index (χ0n) is 19.0. The van der Waals surface area contributed by atoms with Crippen molar-refractivity contribution in [2.45, 2.75) is 34.4 Å². The van der Waals surface area contributed by atoms with Crippen LogP contribution < -0.4 is 4.74 Å². The standard InChI is InChI=1S/C26H27NO5S2/c1-18-8-14-22(15-9-18)34(30,31)27-17-23(26(28)29)25(16-24(27)19-6-4-3-5-7-19)33-21-12-10-20(32-2)11-13-21/h3-15,23-25H,16-17H2,1-2H3,(H,28,29)/t23-,24+,25-/m1/s1. The molecule has 1 fully saturated rings. The molecule has 178 valence electrons. The van der Waals surface area contributed by atoms with E-state index in [0.717, 1.165) is 21.8 Å². The van der Waals surface area contributed by atoms with Crippen LogP contribution in [-0.4, -0.2) is 42.7 Å². The lowest BCUT2D eigenvalue weighted by Gasteiger charge is -2.41. The van der Waals surface area contributed by atoms with Crippen molar-refractivity contribution in [2.75, 3.05) is 13.7 Å². The average Bonchev–Trinajstić information content (AvgIpc) is 2.85. The minimum Gasteiger partial charge on any atom is -0.497 e. The van der Waals surface area contributed by atoms with Crippen molar-refractivity contribution in [3.05, 3.63) is 90.0 Å². The van der Waals surface area contributed by atoms with Gasteiger partial charge in [-0.3, -0.25) is 4.79 Å². The second kappa shape index (κ2) is 10.2. The number of benzene rings is 3. The number of hydrogen-bond donors (Lipinski definition) is 1. The van der Waals surface area contributed by atoms with E-state index in [2.05, 4.69) is 0 Å². The normalized spacial score (nSPS) is 21.2. The Morgan fingerprint density at radius 2 is 1.65 bits per heavy atom. The molecule has 0 saturated carbocycles. The molecule has 1 N–H and O–H groups in total. The van der Waals surface area contributed by atoms with Gasteiger partial charge in [0.1, 0.15) is 5.75 Å². The maximum absolute atomic E-state index is 13.7. The molecule has 0 amide bonds. The average molecular weight is 498 g/mol. The van der Waals surface area contributed by atoms with Crippen molar-refractivity contribution in [3.63, 3.8) is 0 Å². The van der Waals surface area contributed by atoms with Crippen LogP contribution in [0.15, 0.2) is 88.7 Å². The van der Waals surface area contributed by atoms with Gasteiger partial charge < -0.3 is 9.84 Å². The van der Waals surface area contributed by atoms with Gasteiger partial charge >= 0.3 is 5.97 Å². The molecular formula is C26H27NO5S2. The molecule has 0 spiro atoms. The van der Waals surface area contributed by atoms with Crippen molar-refractivity contribution in [1.82, 2.24) is 4.31 Å². The van der Waals surface area contributed by atoms with Gasteiger partial charge in [0.25, 0.3) is 0 Å². The van der Waals surface area contributed by atoms with E-state index in [0.29, 0.717) is 6.42 Å². The summed E-state index contributed by atoms with van der Waals surface area (Å²) in [5, 5.41) is 9.76. The highest BCUT2D eigenvalue weighted by atomic mass is 32.2. The molecule has 8 heteroatoms. The Balaban J connectivity index is 1.72. The Morgan fingerprint density at radius 1 is 1.00 bits per heavy atom. The van der Waals surface area contributed by atoms with E-state index in [9.17, 15) is 18.3 Å². The second-order valence-corrected chi connectivity index (χ2v) is 11.5. The van der Waals surface area contributed by atoms with Crippen LogP contribution in [0.25, 0.3) is 0 Å². The Morgan fingerprint density at radius 3 is 2.24 bits per heavy atom. The minimum atomic E-state index is -3.90. The molecule has 0 aliphatic carbocycles. The number of sulfonamides is 1. The number of nitrogens with zero attached hydrogens (tertiary/aromatic N) is 1. The summed E-state index contributed by atoms with van der Waals surface area (Å²) in [7, 11) is -2.31. The molecule has 34 heavy (non-hydrogen) atoms. The predicted octanol–water partition coefficient (Wildman–Crippen LogP) is 5.00. The first-order chi connectivity index (χ1) is 16.3. The Bertz CT molecular complexity index is 1230. The smallest absolute Gasteiger partial charge is 0.308 e. The number of carbonyl (C=O) groups is 1. The topological polar surface area (TPSA) is 83.9 Å². The molecule has 4 rings (SSSR count). The monoisotopic (exact) mass is 497 g/mol. The lowest BCUT2D eigenvalue weighted by atomic mass is 9.90. The Hall–Kier alpha value is -2.81. The fourth-order valence-electron chi connectivity index (χ4n) is 4.23. The SMILES string of the molecule is COc1ccc(S[C@@H]2C[C@@H](c3ccccc3)N(S(=O)(=O)c3ccc(C)cc3)C[C@H]2C(=O)O)cc1. The maximum Gasteiger partial charge on any atom is 0.308 e. The summed E-state index contributed by atoms with van der Waals surface area (Å²) < 4.78 is 34.0. The van der Waals surface area contributed by atoms with Crippen molar-refractivity contribution in [2.24, 2.45) is 5.92 Å². The number of methoxy groups -OCH3 is 1. The molecular weight excluding hydrogens is 470 g/mol. The molecule has 3 aromatic rings. The third-order valence-corrected chi connectivity index (χ3v) is 9.36. The highest BCUT2D eigenvalue weighted by Crippen LogP contribution is 2.44. The number of thioether (sulfide) groups is 1. The van der Waals surface area contributed by atoms with Gasteiger partial charge in [0.2, 0.25) is 10.0 Å². The molecule has 1 aliphatic heterocycles. The van der Waals surface area contributed by atoms with Gasteiger partial charge in [-0.05, 0) is 55.3 Å². The molecule has 1 aliphatic rings.